The molecule has 28 heavy (non-hydrogen) atoms. The third-order valence-electron chi connectivity index (χ3n) is 4.17. The molecule has 0 unspecified atom stereocenters. The first-order chi connectivity index (χ1) is 12.3. The molecule has 158 valence electrons. The van der Waals surface area contributed by atoms with Gasteiger partial charge in [0.05, 0.1) is 0 Å². The van der Waals surface area contributed by atoms with Crippen LogP contribution in [0.5, 0.6) is 0 Å². The molecular formula is C14H7F12NO. The number of anilines is 1. The molecule has 1 aliphatic rings. The Morgan fingerprint density at radius 2 is 1.14 bits per heavy atom. The molecule has 1 aliphatic carbocycles. The van der Waals surface area contributed by atoms with Crippen LogP contribution in [-0.2, 0) is 4.79 Å². The van der Waals surface area contributed by atoms with Crippen molar-refractivity contribution in [3.63, 3.8) is 0 Å². The van der Waals surface area contributed by atoms with Crippen molar-refractivity contribution in [2.24, 2.45) is 0 Å². The molecule has 1 aromatic rings. The number of nitrogens with one attached hydrogen (secondary N) is 1. The van der Waals surface area contributed by atoms with E-state index in [1.54, 1.807) is 0 Å². The lowest BCUT2D eigenvalue weighted by Gasteiger charge is -2.51. The standard InChI is InChI=1S/C14H7F12NO/c1-5-4-6(2-3-7(5)15)27-8(28)9(16)10(17,18)12(21,22)14(25,26)13(23,24)11(9,19)20/h2-4H,1H3,(H,27,28). The second-order valence-electron chi connectivity index (χ2n) is 5.95. The smallest absolute Gasteiger partial charge is 0.323 e. The molecule has 0 heterocycles. The molecule has 1 saturated carbocycles. The number of hydrogen-bond donors (Lipinski definition) is 1. The monoisotopic (exact) mass is 433 g/mol. The topological polar surface area (TPSA) is 29.1 Å². The Labute approximate surface area is 147 Å². The molecule has 0 aliphatic heterocycles. The summed E-state index contributed by atoms with van der Waals surface area (Å²) < 4.78 is 162. The quantitative estimate of drug-likeness (QED) is 0.656. The van der Waals surface area contributed by atoms with E-state index < -0.39 is 52.7 Å². The Morgan fingerprint density at radius 1 is 0.750 bits per heavy atom. The van der Waals surface area contributed by atoms with Crippen molar-refractivity contribution >= 4 is 11.6 Å². The van der Waals surface area contributed by atoms with Gasteiger partial charge in [-0.05, 0) is 30.7 Å². The molecule has 0 aromatic heterocycles. The van der Waals surface area contributed by atoms with Crippen LogP contribution in [0.15, 0.2) is 18.2 Å². The highest BCUT2D eigenvalue weighted by Crippen LogP contribution is 2.69. The number of rotatable bonds is 2. The number of aryl methyl sites for hydroxylation is 1. The van der Waals surface area contributed by atoms with E-state index in [9.17, 15) is 57.5 Å². The van der Waals surface area contributed by atoms with Crippen molar-refractivity contribution in [2.45, 2.75) is 42.2 Å². The maximum absolute atomic E-state index is 14.4. The Morgan fingerprint density at radius 3 is 1.54 bits per heavy atom. The number of halogens is 12. The van der Waals surface area contributed by atoms with Crippen molar-refractivity contribution in [2.75, 3.05) is 5.32 Å². The first-order valence-corrected chi connectivity index (χ1v) is 6.96. The maximum Gasteiger partial charge on any atom is 0.384 e. The molecule has 0 spiro atoms. The van der Waals surface area contributed by atoms with Gasteiger partial charge >= 0.3 is 35.3 Å². The first kappa shape index (κ1) is 22.1. The normalized spacial score (nSPS) is 25.8. The molecular weight excluding hydrogens is 426 g/mol. The molecule has 0 bridgehead atoms. The fraction of sp³-hybridized carbons (Fsp3) is 0.500. The highest BCUT2D eigenvalue weighted by atomic mass is 19.4. The van der Waals surface area contributed by atoms with Gasteiger partial charge in [-0.2, -0.15) is 43.9 Å². The van der Waals surface area contributed by atoms with E-state index in [0.29, 0.717) is 18.2 Å². The van der Waals surface area contributed by atoms with Crippen LogP contribution in [0.3, 0.4) is 0 Å². The Bertz CT molecular complexity index is 789. The van der Waals surface area contributed by atoms with Gasteiger partial charge in [-0.3, -0.25) is 4.79 Å². The van der Waals surface area contributed by atoms with Crippen LogP contribution in [0, 0.1) is 12.7 Å². The highest BCUT2D eigenvalue weighted by molar-refractivity contribution is 5.99. The highest BCUT2D eigenvalue weighted by Gasteiger charge is 3.02. The molecule has 2 nitrogen and oxygen atoms in total. The van der Waals surface area contributed by atoms with E-state index in [0.717, 1.165) is 12.2 Å². The summed E-state index contributed by atoms with van der Waals surface area (Å²) in [5, 5.41) is 0.882. The third-order valence-corrected chi connectivity index (χ3v) is 4.17. The first-order valence-electron chi connectivity index (χ1n) is 6.96. The lowest BCUT2D eigenvalue weighted by atomic mass is 9.71. The van der Waals surface area contributed by atoms with Crippen LogP contribution in [0.2, 0.25) is 0 Å². The summed E-state index contributed by atoms with van der Waals surface area (Å²) in [6, 6.07) is 1.50. The summed E-state index contributed by atoms with van der Waals surface area (Å²) >= 11 is 0. The van der Waals surface area contributed by atoms with Crippen LogP contribution in [0.1, 0.15) is 5.56 Å². The van der Waals surface area contributed by atoms with Gasteiger partial charge in [0.15, 0.2) is 0 Å². The van der Waals surface area contributed by atoms with E-state index >= 15 is 0 Å². The van der Waals surface area contributed by atoms with Crippen molar-refractivity contribution in [3.05, 3.63) is 29.6 Å². The molecule has 1 amide bonds. The SMILES string of the molecule is Cc1cc(NC(=O)C2(F)C(F)(F)C(F)(F)C(F)(F)C(F)(F)C2(F)F)ccc1F. The van der Waals surface area contributed by atoms with Crippen molar-refractivity contribution in [1.29, 1.82) is 0 Å². The minimum Gasteiger partial charge on any atom is -0.323 e. The summed E-state index contributed by atoms with van der Waals surface area (Å²) in [5.74, 6) is -41.1. The predicted octanol–water partition coefficient (Wildman–Crippen LogP) is 4.97. The largest absolute Gasteiger partial charge is 0.384 e. The summed E-state index contributed by atoms with van der Waals surface area (Å²) in [7, 11) is 0. The molecule has 14 heteroatoms. The van der Waals surface area contributed by atoms with Crippen LogP contribution in [-0.4, -0.2) is 41.2 Å². The summed E-state index contributed by atoms with van der Waals surface area (Å²) in [4.78, 5) is 11.7. The fourth-order valence-electron chi connectivity index (χ4n) is 2.45. The van der Waals surface area contributed by atoms with E-state index in [2.05, 4.69) is 0 Å². The van der Waals surface area contributed by atoms with E-state index in [1.807, 2.05) is 0 Å². The zero-order chi connectivity index (χ0) is 22.1. The second-order valence-corrected chi connectivity index (χ2v) is 5.95. The van der Waals surface area contributed by atoms with Gasteiger partial charge in [0.1, 0.15) is 5.82 Å². The molecule has 0 atom stereocenters. The molecule has 2 rings (SSSR count). The number of carbonyl (C=O) groups is 1. The zero-order valence-corrected chi connectivity index (χ0v) is 13.2. The van der Waals surface area contributed by atoms with Crippen LogP contribution in [0.25, 0.3) is 0 Å². The number of carbonyl (C=O) groups excluding carboxylic acids is 1. The Hall–Kier alpha value is -2.15. The minimum atomic E-state index is -7.41. The number of hydrogen-bond acceptors (Lipinski definition) is 1. The van der Waals surface area contributed by atoms with E-state index in [4.69, 9.17) is 0 Å². The summed E-state index contributed by atoms with van der Waals surface area (Å²) in [6.07, 6.45) is 0. The zero-order valence-electron chi connectivity index (χ0n) is 13.2. The van der Waals surface area contributed by atoms with Crippen LogP contribution < -0.4 is 5.32 Å². The van der Waals surface area contributed by atoms with Crippen LogP contribution in [0.4, 0.5) is 58.4 Å². The predicted molar refractivity (Wildman–Crippen MR) is 68.3 cm³/mol. The van der Waals surface area contributed by atoms with Gasteiger partial charge in [0.2, 0.25) is 0 Å². The average molecular weight is 433 g/mol. The number of benzene rings is 1. The fourth-order valence-corrected chi connectivity index (χ4v) is 2.45. The average Bonchev–Trinajstić information content (AvgIpc) is 2.55. The van der Waals surface area contributed by atoms with E-state index in [-0.39, 0.29) is 5.56 Å². The molecule has 1 N–H and O–H groups in total. The number of amides is 1. The second kappa shape index (κ2) is 5.69. The maximum atomic E-state index is 14.4. The third kappa shape index (κ3) is 2.22. The van der Waals surface area contributed by atoms with E-state index in [1.165, 1.54) is 0 Å². The van der Waals surface area contributed by atoms with Crippen molar-refractivity contribution in [1.82, 2.24) is 0 Å². The van der Waals surface area contributed by atoms with Gasteiger partial charge in [-0.15, -0.1) is 0 Å². The summed E-state index contributed by atoms with van der Waals surface area (Å²) in [6.45, 7) is 0.989. The Kier molecular flexibility index (Phi) is 4.50. The molecule has 0 radical (unpaired) electrons. The van der Waals surface area contributed by atoms with Gasteiger partial charge in [-0.25, -0.2) is 8.78 Å². The van der Waals surface area contributed by atoms with Gasteiger partial charge in [0.25, 0.3) is 5.91 Å². The van der Waals surface area contributed by atoms with Gasteiger partial charge < -0.3 is 5.32 Å². The van der Waals surface area contributed by atoms with Crippen LogP contribution >= 0.6 is 0 Å². The molecule has 0 saturated heterocycles. The molecule has 1 fully saturated rings. The summed E-state index contributed by atoms with van der Waals surface area (Å²) in [5.41, 5.74) is -8.11. The lowest BCUT2D eigenvalue weighted by molar-refractivity contribution is -0.475. The minimum absolute atomic E-state index is 0.380. The van der Waals surface area contributed by atoms with Gasteiger partial charge in [-0.1, -0.05) is 0 Å². The number of alkyl halides is 11. The lowest BCUT2D eigenvalue weighted by Crippen LogP contribution is -2.86. The van der Waals surface area contributed by atoms with Gasteiger partial charge in [0, 0.05) is 5.69 Å². The molecule has 1 aromatic carbocycles. The van der Waals surface area contributed by atoms with Crippen molar-refractivity contribution in [3.8, 4) is 0 Å². The van der Waals surface area contributed by atoms with Crippen molar-refractivity contribution < 1.29 is 57.5 Å². The Balaban J connectivity index is 2.67.